The molecule has 0 aliphatic carbocycles. The molecule has 2 rings (SSSR count). The summed E-state index contributed by atoms with van der Waals surface area (Å²) in [5, 5.41) is 16.9. The largest absolute Gasteiger partial charge is 0.244 e. The molecule has 0 bridgehead atoms. The topological polar surface area (TPSA) is 54.5 Å². The highest BCUT2D eigenvalue weighted by molar-refractivity contribution is 5.26. The summed E-state index contributed by atoms with van der Waals surface area (Å²) in [6, 6.07) is 12.2. The molecule has 0 saturated heterocycles. The van der Waals surface area contributed by atoms with Crippen molar-refractivity contribution in [1.82, 2.24) is 15.0 Å². The van der Waals surface area contributed by atoms with Gasteiger partial charge in [0.25, 0.3) is 0 Å². The maximum absolute atomic E-state index is 8.96. The molecule has 0 unspecified atom stereocenters. The van der Waals surface area contributed by atoms with Crippen molar-refractivity contribution in [1.29, 1.82) is 5.26 Å². The Bertz CT molecular complexity index is 522. The fourth-order valence-corrected chi connectivity index (χ4v) is 1.79. The first-order chi connectivity index (χ1) is 8.35. The average molecular weight is 226 g/mol. The van der Waals surface area contributed by atoms with Gasteiger partial charge in [0.2, 0.25) is 0 Å². The molecule has 17 heavy (non-hydrogen) atoms. The highest BCUT2D eigenvalue weighted by Crippen LogP contribution is 2.10. The summed E-state index contributed by atoms with van der Waals surface area (Å²) in [4.78, 5) is 0. The Morgan fingerprint density at radius 1 is 1.29 bits per heavy atom. The third-order valence-electron chi connectivity index (χ3n) is 2.61. The maximum Gasteiger partial charge on any atom is 0.185 e. The average Bonchev–Trinajstić information content (AvgIpc) is 2.74. The zero-order valence-corrected chi connectivity index (χ0v) is 9.80. The molecule has 0 radical (unpaired) electrons. The van der Waals surface area contributed by atoms with Gasteiger partial charge in [-0.1, -0.05) is 48.9 Å². The van der Waals surface area contributed by atoms with Gasteiger partial charge in [0.1, 0.15) is 6.07 Å². The first kappa shape index (κ1) is 11.3. The van der Waals surface area contributed by atoms with Crippen LogP contribution in [0.3, 0.4) is 0 Å². The van der Waals surface area contributed by atoms with Crippen LogP contribution < -0.4 is 0 Å². The number of nitrogens with zero attached hydrogens (tertiary/aromatic N) is 4. The van der Waals surface area contributed by atoms with E-state index in [4.69, 9.17) is 5.26 Å². The highest BCUT2D eigenvalue weighted by atomic mass is 15.4. The van der Waals surface area contributed by atoms with E-state index in [1.165, 1.54) is 5.56 Å². The van der Waals surface area contributed by atoms with Crippen molar-refractivity contribution in [3.8, 4) is 6.07 Å². The van der Waals surface area contributed by atoms with Gasteiger partial charge in [-0.15, -0.1) is 5.10 Å². The Morgan fingerprint density at radius 3 is 2.71 bits per heavy atom. The molecule has 0 saturated carbocycles. The van der Waals surface area contributed by atoms with Crippen LogP contribution in [0.15, 0.2) is 30.3 Å². The maximum atomic E-state index is 8.96. The Hall–Kier alpha value is -2.15. The zero-order chi connectivity index (χ0) is 12.1. The molecular weight excluding hydrogens is 212 g/mol. The number of hydrogen-bond acceptors (Lipinski definition) is 3. The lowest BCUT2D eigenvalue weighted by Crippen LogP contribution is -2.06. The van der Waals surface area contributed by atoms with Gasteiger partial charge in [0.15, 0.2) is 5.69 Å². The van der Waals surface area contributed by atoms with E-state index in [-0.39, 0.29) is 0 Å². The van der Waals surface area contributed by atoms with Crippen LogP contribution in [0.1, 0.15) is 30.3 Å². The normalized spacial score (nSPS) is 10.1. The third-order valence-corrected chi connectivity index (χ3v) is 2.61. The molecule has 0 fully saturated rings. The molecule has 1 aromatic heterocycles. The fraction of sp³-hybridized carbons (Fsp3) is 0.308. The molecule has 86 valence electrons. The van der Waals surface area contributed by atoms with Gasteiger partial charge in [-0.05, 0) is 12.0 Å². The SMILES string of the molecule is CCCc1c(C#N)nnn1Cc1ccccc1. The second-order valence-electron chi connectivity index (χ2n) is 3.89. The lowest BCUT2D eigenvalue weighted by molar-refractivity contribution is 0.613. The number of rotatable bonds is 4. The van der Waals surface area contributed by atoms with E-state index < -0.39 is 0 Å². The van der Waals surface area contributed by atoms with E-state index >= 15 is 0 Å². The number of benzene rings is 1. The van der Waals surface area contributed by atoms with Crippen LogP contribution in [-0.2, 0) is 13.0 Å². The zero-order valence-electron chi connectivity index (χ0n) is 9.80. The highest BCUT2D eigenvalue weighted by Gasteiger charge is 2.11. The standard InChI is InChI=1S/C13H14N4/c1-2-6-13-12(9-14)15-16-17(13)10-11-7-4-3-5-8-11/h3-5,7-8H,2,6,10H2,1H3. The molecule has 1 aromatic carbocycles. The van der Waals surface area contributed by atoms with Crippen LogP contribution in [0, 0.1) is 11.3 Å². The van der Waals surface area contributed by atoms with Crippen molar-refractivity contribution < 1.29 is 0 Å². The molecule has 0 amide bonds. The summed E-state index contributed by atoms with van der Waals surface area (Å²) >= 11 is 0. The Balaban J connectivity index is 2.27. The molecule has 4 heteroatoms. The number of aromatic nitrogens is 3. The minimum Gasteiger partial charge on any atom is -0.244 e. The predicted molar refractivity (Wildman–Crippen MR) is 64.3 cm³/mol. The monoisotopic (exact) mass is 226 g/mol. The summed E-state index contributed by atoms with van der Waals surface area (Å²) in [6.45, 7) is 2.76. The second kappa shape index (κ2) is 5.26. The van der Waals surface area contributed by atoms with Gasteiger partial charge in [-0.25, -0.2) is 4.68 Å². The Kier molecular flexibility index (Phi) is 3.51. The number of nitriles is 1. The molecular formula is C13H14N4. The molecule has 0 aliphatic rings. The van der Waals surface area contributed by atoms with Crippen molar-refractivity contribution in [3.63, 3.8) is 0 Å². The molecule has 2 aromatic rings. The van der Waals surface area contributed by atoms with Gasteiger partial charge in [-0.3, -0.25) is 0 Å². The second-order valence-corrected chi connectivity index (χ2v) is 3.89. The van der Waals surface area contributed by atoms with E-state index in [2.05, 4.69) is 23.3 Å². The summed E-state index contributed by atoms with van der Waals surface area (Å²) in [5.74, 6) is 0. The van der Waals surface area contributed by atoms with Crippen molar-refractivity contribution >= 4 is 0 Å². The molecule has 1 heterocycles. The van der Waals surface area contributed by atoms with Crippen LogP contribution in [0.2, 0.25) is 0 Å². The molecule has 0 aliphatic heterocycles. The Labute approximate surface area is 101 Å². The van der Waals surface area contributed by atoms with E-state index in [0.29, 0.717) is 12.2 Å². The van der Waals surface area contributed by atoms with E-state index in [1.807, 2.05) is 35.0 Å². The summed E-state index contributed by atoms with van der Waals surface area (Å²) < 4.78 is 1.82. The van der Waals surface area contributed by atoms with Gasteiger partial charge in [0.05, 0.1) is 12.2 Å². The fourth-order valence-electron chi connectivity index (χ4n) is 1.79. The summed E-state index contributed by atoms with van der Waals surface area (Å²) in [5.41, 5.74) is 2.54. The van der Waals surface area contributed by atoms with Crippen molar-refractivity contribution in [2.75, 3.05) is 0 Å². The lowest BCUT2D eigenvalue weighted by Gasteiger charge is -2.05. The van der Waals surface area contributed by atoms with Gasteiger partial charge < -0.3 is 0 Å². The Morgan fingerprint density at radius 2 is 2.06 bits per heavy atom. The third kappa shape index (κ3) is 2.51. The smallest absolute Gasteiger partial charge is 0.185 e. The van der Waals surface area contributed by atoms with Gasteiger partial charge in [-0.2, -0.15) is 5.26 Å². The minimum atomic E-state index is 0.447. The quantitative estimate of drug-likeness (QED) is 0.802. The molecule has 0 N–H and O–H groups in total. The lowest BCUT2D eigenvalue weighted by atomic mass is 10.2. The summed E-state index contributed by atoms with van der Waals surface area (Å²) in [7, 11) is 0. The van der Waals surface area contributed by atoms with E-state index in [9.17, 15) is 0 Å². The van der Waals surface area contributed by atoms with Crippen LogP contribution in [0.5, 0.6) is 0 Å². The molecule has 4 nitrogen and oxygen atoms in total. The van der Waals surface area contributed by atoms with Crippen LogP contribution >= 0.6 is 0 Å². The first-order valence-corrected chi connectivity index (χ1v) is 5.71. The number of hydrogen-bond donors (Lipinski definition) is 0. The van der Waals surface area contributed by atoms with Crippen LogP contribution in [0.25, 0.3) is 0 Å². The first-order valence-electron chi connectivity index (χ1n) is 5.71. The van der Waals surface area contributed by atoms with Crippen molar-refractivity contribution in [2.45, 2.75) is 26.3 Å². The van der Waals surface area contributed by atoms with Crippen LogP contribution in [0.4, 0.5) is 0 Å². The molecule has 0 spiro atoms. The minimum absolute atomic E-state index is 0.447. The predicted octanol–water partition coefficient (Wildman–Crippen LogP) is 2.15. The van der Waals surface area contributed by atoms with Gasteiger partial charge >= 0.3 is 0 Å². The van der Waals surface area contributed by atoms with Crippen molar-refractivity contribution in [2.24, 2.45) is 0 Å². The molecule has 0 atom stereocenters. The van der Waals surface area contributed by atoms with E-state index in [1.54, 1.807) is 0 Å². The van der Waals surface area contributed by atoms with E-state index in [0.717, 1.165) is 18.5 Å². The van der Waals surface area contributed by atoms with Gasteiger partial charge in [0, 0.05) is 0 Å². The van der Waals surface area contributed by atoms with Crippen molar-refractivity contribution in [3.05, 3.63) is 47.3 Å². The van der Waals surface area contributed by atoms with Crippen LogP contribution in [-0.4, -0.2) is 15.0 Å². The summed E-state index contributed by atoms with van der Waals surface area (Å²) in [6.07, 6.45) is 1.82.